The van der Waals surface area contributed by atoms with E-state index in [4.69, 9.17) is 9.84 Å². The van der Waals surface area contributed by atoms with Crippen molar-refractivity contribution < 1.29 is 24.5 Å². The van der Waals surface area contributed by atoms with Crippen LogP contribution in [0.25, 0.3) is 0 Å². The predicted molar refractivity (Wildman–Crippen MR) is 53.3 cm³/mol. The minimum absolute atomic E-state index is 0.0768. The summed E-state index contributed by atoms with van der Waals surface area (Å²) in [5.41, 5.74) is 0. The molecule has 2 unspecified atom stereocenters. The number of carboxylic acid groups (broad SMARTS) is 1. The molecule has 0 saturated heterocycles. The van der Waals surface area contributed by atoms with Gasteiger partial charge in [-0.1, -0.05) is 13.8 Å². The topological polar surface area (TPSA) is 83.8 Å². The Kier molecular flexibility index (Phi) is 6.70. The lowest BCUT2D eigenvalue weighted by Gasteiger charge is -2.15. The van der Waals surface area contributed by atoms with Gasteiger partial charge in [0.2, 0.25) is 0 Å². The highest BCUT2D eigenvalue weighted by Crippen LogP contribution is 2.07. The van der Waals surface area contributed by atoms with E-state index in [2.05, 4.69) is 0 Å². The molecule has 0 amide bonds. The second kappa shape index (κ2) is 7.23. The molecule has 0 aromatic rings. The Morgan fingerprint density at radius 2 is 1.80 bits per heavy atom. The Bertz CT molecular complexity index is 214. The number of ether oxygens (including phenoxy) is 1. The summed E-state index contributed by atoms with van der Waals surface area (Å²) in [4.78, 5) is 21.6. The molecule has 0 aromatic carbocycles. The Labute approximate surface area is 89.0 Å². The highest BCUT2D eigenvalue weighted by atomic mass is 16.5. The minimum Gasteiger partial charge on any atom is -0.481 e. The maximum atomic E-state index is 11.2. The maximum Gasteiger partial charge on any atom is 0.308 e. The van der Waals surface area contributed by atoms with E-state index in [-0.39, 0.29) is 12.8 Å². The van der Waals surface area contributed by atoms with Crippen molar-refractivity contribution in [3.63, 3.8) is 0 Å². The molecule has 88 valence electrons. The zero-order chi connectivity index (χ0) is 11.8. The van der Waals surface area contributed by atoms with Crippen molar-refractivity contribution in [3.05, 3.63) is 0 Å². The number of aliphatic carboxylic acids is 1. The number of carboxylic acids is 1. The van der Waals surface area contributed by atoms with Gasteiger partial charge < -0.3 is 14.9 Å². The third-order valence-electron chi connectivity index (χ3n) is 2.03. The Balaban J connectivity index is 3.95. The summed E-state index contributed by atoms with van der Waals surface area (Å²) < 4.78 is 4.90. The number of carbonyl (C=O) groups is 2. The van der Waals surface area contributed by atoms with E-state index >= 15 is 0 Å². The fourth-order valence-corrected chi connectivity index (χ4v) is 1.03. The monoisotopic (exact) mass is 218 g/mol. The van der Waals surface area contributed by atoms with Crippen LogP contribution in [-0.4, -0.2) is 34.4 Å². The van der Waals surface area contributed by atoms with Crippen LogP contribution < -0.4 is 0 Å². The zero-order valence-corrected chi connectivity index (χ0v) is 9.10. The zero-order valence-electron chi connectivity index (χ0n) is 9.10. The van der Waals surface area contributed by atoms with Gasteiger partial charge in [0.1, 0.15) is 6.10 Å². The lowest BCUT2D eigenvalue weighted by molar-refractivity contribution is -0.154. The first-order chi connectivity index (χ1) is 6.99. The first-order valence-corrected chi connectivity index (χ1v) is 5.08. The molecule has 0 aromatic heterocycles. The number of hydrogen-bond donors (Lipinski definition) is 2. The molecule has 2 N–H and O–H groups in total. The standard InChI is InChI=1S/C10H18O5/c1-3-7(11)5-10(14)15-8(4-2)6-9(12)13/h7-8,11H,3-6H2,1-2H3,(H,12,13). The first kappa shape index (κ1) is 13.9. The van der Waals surface area contributed by atoms with Gasteiger partial charge in [-0.2, -0.15) is 0 Å². The highest BCUT2D eigenvalue weighted by Gasteiger charge is 2.17. The van der Waals surface area contributed by atoms with Crippen LogP contribution in [0.2, 0.25) is 0 Å². The van der Waals surface area contributed by atoms with Crippen molar-refractivity contribution in [2.75, 3.05) is 0 Å². The molecule has 0 heterocycles. The summed E-state index contributed by atoms with van der Waals surface area (Å²) >= 11 is 0. The number of aliphatic hydroxyl groups is 1. The number of aliphatic hydroxyl groups excluding tert-OH is 1. The number of carbonyl (C=O) groups excluding carboxylic acids is 1. The van der Waals surface area contributed by atoms with Gasteiger partial charge in [-0.15, -0.1) is 0 Å². The van der Waals surface area contributed by atoms with Crippen molar-refractivity contribution >= 4 is 11.9 Å². The third kappa shape index (κ3) is 6.90. The van der Waals surface area contributed by atoms with Gasteiger partial charge in [0.05, 0.1) is 18.9 Å². The number of esters is 1. The van der Waals surface area contributed by atoms with Gasteiger partial charge in [-0.3, -0.25) is 9.59 Å². The van der Waals surface area contributed by atoms with Crippen LogP contribution in [-0.2, 0) is 14.3 Å². The maximum absolute atomic E-state index is 11.2. The van der Waals surface area contributed by atoms with Gasteiger partial charge in [0.25, 0.3) is 0 Å². The molecule has 5 heteroatoms. The van der Waals surface area contributed by atoms with Gasteiger partial charge in [0.15, 0.2) is 0 Å². The van der Waals surface area contributed by atoms with Crippen LogP contribution in [0.5, 0.6) is 0 Å². The van der Waals surface area contributed by atoms with Crippen LogP contribution in [0.1, 0.15) is 39.5 Å². The molecule has 0 aliphatic carbocycles. The largest absolute Gasteiger partial charge is 0.481 e. The molecule has 0 spiro atoms. The SMILES string of the molecule is CCC(O)CC(=O)OC(CC)CC(=O)O. The lowest BCUT2D eigenvalue weighted by Crippen LogP contribution is -2.23. The van der Waals surface area contributed by atoms with Crippen LogP contribution in [0.3, 0.4) is 0 Å². The summed E-state index contributed by atoms with van der Waals surface area (Å²) in [6.07, 6.45) is -0.638. The molecule has 15 heavy (non-hydrogen) atoms. The average molecular weight is 218 g/mol. The molecule has 2 atom stereocenters. The van der Waals surface area contributed by atoms with Crippen LogP contribution in [0.15, 0.2) is 0 Å². The Morgan fingerprint density at radius 3 is 2.20 bits per heavy atom. The fourth-order valence-electron chi connectivity index (χ4n) is 1.03. The summed E-state index contributed by atoms with van der Waals surface area (Å²) in [7, 11) is 0. The molecule has 0 fully saturated rings. The van der Waals surface area contributed by atoms with Gasteiger partial charge >= 0.3 is 11.9 Å². The van der Waals surface area contributed by atoms with Gasteiger partial charge in [-0.05, 0) is 12.8 Å². The molecule has 0 aliphatic rings. The van der Waals surface area contributed by atoms with Crippen LogP contribution >= 0.6 is 0 Å². The quantitative estimate of drug-likeness (QED) is 0.621. The molecule has 0 aliphatic heterocycles. The van der Waals surface area contributed by atoms with Crippen molar-refractivity contribution in [2.45, 2.75) is 51.7 Å². The summed E-state index contributed by atoms with van der Waals surface area (Å²) in [6, 6.07) is 0. The summed E-state index contributed by atoms with van der Waals surface area (Å²) in [5.74, 6) is -1.54. The van der Waals surface area contributed by atoms with Crippen molar-refractivity contribution in [2.24, 2.45) is 0 Å². The second-order valence-electron chi connectivity index (χ2n) is 3.38. The Hall–Kier alpha value is -1.10. The van der Waals surface area contributed by atoms with E-state index in [9.17, 15) is 14.7 Å². The molecule has 0 bridgehead atoms. The minimum atomic E-state index is -0.995. The van der Waals surface area contributed by atoms with Crippen molar-refractivity contribution in [3.8, 4) is 0 Å². The second-order valence-corrected chi connectivity index (χ2v) is 3.38. The van der Waals surface area contributed by atoms with Gasteiger partial charge in [-0.25, -0.2) is 0 Å². The van der Waals surface area contributed by atoms with E-state index in [1.165, 1.54) is 0 Å². The molecule has 0 rings (SSSR count). The van der Waals surface area contributed by atoms with E-state index in [1.54, 1.807) is 13.8 Å². The van der Waals surface area contributed by atoms with E-state index in [0.29, 0.717) is 12.8 Å². The average Bonchev–Trinajstić information content (AvgIpc) is 2.15. The smallest absolute Gasteiger partial charge is 0.308 e. The summed E-state index contributed by atoms with van der Waals surface area (Å²) in [5, 5.41) is 17.7. The molecular formula is C10H18O5. The predicted octanol–water partition coefficient (Wildman–Crippen LogP) is 0.944. The fraction of sp³-hybridized carbons (Fsp3) is 0.800. The number of rotatable bonds is 7. The van der Waals surface area contributed by atoms with E-state index < -0.39 is 24.1 Å². The van der Waals surface area contributed by atoms with E-state index in [1.807, 2.05) is 0 Å². The molecule has 5 nitrogen and oxygen atoms in total. The third-order valence-corrected chi connectivity index (χ3v) is 2.03. The van der Waals surface area contributed by atoms with Gasteiger partial charge in [0, 0.05) is 0 Å². The first-order valence-electron chi connectivity index (χ1n) is 5.08. The number of hydrogen-bond acceptors (Lipinski definition) is 4. The van der Waals surface area contributed by atoms with E-state index in [0.717, 1.165) is 0 Å². The van der Waals surface area contributed by atoms with Crippen LogP contribution in [0, 0.1) is 0 Å². The molecular weight excluding hydrogens is 200 g/mol. The highest BCUT2D eigenvalue weighted by molar-refractivity contribution is 5.71. The molecule has 0 radical (unpaired) electrons. The van der Waals surface area contributed by atoms with Crippen LogP contribution in [0.4, 0.5) is 0 Å². The van der Waals surface area contributed by atoms with Crippen molar-refractivity contribution in [1.82, 2.24) is 0 Å². The molecule has 0 saturated carbocycles. The van der Waals surface area contributed by atoms with Crippen molar-refractivity contribution in [1.29, 1.82) is 0 Å². The Morgan fingerprint density at radius 1 is 1.20 bits per heavy atom. The normalized spacial score (nSPS) is 14.3. The summed E-state index contributed by atoms with van der Waals surface area (Å²) in [6.45, 7) is 3.50. The lowest BCUT2D eigenvalue weighted by atomic mass is 10.2.